The predicted octanol–water partition coefficient (Wildman–Crippen LogP) is 4.82. The van der Waals surface area contributed by atoms with Gasteiger partial charge < -0.3 is 24.4 Å². The molecule has 298 valence electrons. The van der Waals surface area contributed by atoms with Crippen LogP contribution in [0.5, 0.6) is 11.5 Å². The minimum absolute atomic E-state index is 0.0249. The van der Waals surface area contributed by atoms with Crippen molar-refractivity contribution in [1.29, 1.82) is 0 Å². The lowest BCUT2D eigenvalue weighted by Crippen LogP contribution is -2.59. The second-order valence-corrected chi connectivity index (χ2v) is 17.8. The van der Waals surface area contributed by atoms with E-state index in [4.69, 9.17) is 19.2 Å². The van der Waals surface area contributed by atoms with Crippen molar-refractivity contribution in [2.24, 2.45) is 5.92 Å². The zero-order valence-corrected chi connectivity index (χ0v) is 32.8. The number of hydrogen-bond acceptors (Lipinski definition) is 10. The summed E-state index contributed by atoms with van der Waals surface area (Å²) >= 11 is 0. The van der Waals surface area contributed by atoms with E-state index >= 15 is 0 Å². The Kier molecular flexibility index (Phi) is 10.6. The number of aromatic nitrogens is 1. The van der Waals surface area contributed by atoms with Crippen LogP contribution in [0.25, 0.3) is 22.2 Å². The molecule has 0 bridgehead atoms. The van der Waals surface area contributed by atoms with Crippen molar-refractivity contribution < 1.29 is 41.8 Å². The largest absolute Gasteiger partial charge is 0.497 e. The number of carbonyl (C=O) groups is 4. The highest BCUT2D eigenvalue weighted by molar-refractivity contribution is 7.91. The second-order valence-electron chi connectivity index (χ2n) is 15.8. The first-order chi connectivity index (χ1) is 26.7. The van der Waals surface area contributed by atoms with Crippen LogP contribution in [0, 0.1) is 5.92 Å². The van der Waals surface area contributed by atoms with Crippen LogP contribution in [0.2, 0.25) is 0 Å². The fourth-order valence-corrected chi connectivity index (χ4v) is 8.57. The number of fused-ring (bicyclic) bond motifs is 3. The van der Waals surface area contributed by atoms with Gasteiger partial charge in [-0.2, -0.15) is 0 Å². The first kappa shape index (κ1) is 38.9. The fourth-order valence-electron chi connectivity index (χ4n) is 7.20. The SMILES string of the molecule is COc1ccc2c(O[C@@H]3C[C@H]4C(=O)N[C@]5(C(=O)NS(=O)(=O)C6CC6)C[C@H]5/C=C\CCCCN(NC(=O)OC(C)(C)C)C(=O)N4C3)cc(-c3ccccc3)nc2c1. The first-order valence-corrected chi connectivity index (χ1v) is 20.5. The van der Waals surface area contributed by atoms with Gasteiger partial charge in [0.05, 0.1) is 30.1 Å². The van der Waals surface area contributed by atoms with Gasteiger partial charge in [0.1, 0.15) is 34.8 Å². The molecule has 4 aliphatic rings. The van der Waals surface area contributed by atoms with Gasteiger partial charge in [-0.05, 0) is 71.4 Å². The number of amides is 5. The molecule has 1 saturated heterocycles. The molecule has 3 heterocycles. The van der Waals surface area contributed by atoms with Crippen LogP contribution < -0.4 is 24.9 Å². The quantitative estimate of drug-likeness (QED) is 0.268. The van der Waals surface area contributed by atoms with E-state index in [0.717, 1.165) is 10.6 Å². The van der Waals surface area contributed by atoms with Gasteiger partial charge in [0.2, 0.25) is 15.9 Å². The average Bonchev–Trinajstić information content (AvgIpc) is 4.08. The van der Waals surface area contributed by atoms with E-state index in [-0.39, 0.29) is 25.9 Å². The summed E-state index contributed by atoms with van der Waals surface area (Å²) in [4.78, 5) is 61.8. The van der Waals surface area contributed by atoms with Crippen LogP contribution >= 0.6 is 0 Å². The number of rotatable bonds is 8. The minimum Gasteiger partial charge on any atom is -0.497 e. The molecule has 7 rings (SSSR count). The van der Waals surface area contributed by atoms with E-state index in [1.807, 2.05) is 54.6 Å². The van der Waals surface area contributed by atoms with Gasteiger partial charge in [-0.3, -0.25) is 14.3 Å². The molecule has 0 spiro atoms. The molecule has 1 aromatic heterocycles. The number of benzene rings is 2. The lowest BCUT2D eigenvalue weighted by Gasteiger charge is -2.32. The molecule has 4 atom stereocenters. The maximum atomic E-state index is 14.5. The number of nitrogens with zero attached hydrogens (tertiary/aromatic N) is 3. The lowest BCUT2D eigenvalue weighted by atomic mass is 10.1. The standard InChI is InChI=1S/C40H48N6O9S/c1-39(2,3)55-37(49)43-46-19-11-6-5-10-14-26-23-40(26,36(48)44-56(51,52)29-16-17-29)42-35(47)33-21-28(24-45(33)38(46)50)54-34-22-31(25-12-8-7-9-13-25)41-32-20-27(53-4)15-18-30(32)34/h7-10,12-15,18,20,22,26,28-29,33H,5-6,11,16-17,19,21,23-24H2,1-4H3,(H,42,47)(H,43,49)(H,44,48)/b14-10-/t26-,28-,33+,40-/m1/s1. The number of methoxy groups -OCH3 is 1. The molecular weight excluding hydrogens is 741 g/mol. The van der Waals surface area contributed by atoms with Gasteiger partial charge in [0.25, 0.3) is 5.91 Å². The minimum atomic E-state index is -3.90. The summed E-state index contributed by atoms with van der Waals surface area (Å²) in [5, 5.41) is 4.07. The Morgan fingerprint density at radius 1 is 1.04 bits per heavy atom. The Morgan fingerprint density at radius 2 is 1.80 bits per heavy atom. The number of allylic oxidation sites excluding steroid dienone is 1. The Bertz CT molecular complexity index is 2150. The Labute approximate surface area is 326 Å². The topological polar surface area (TPSA) is 186 Å². The Morgan fingerprint density at radius 3 is 2.52 bits per heavy atom. The third kappa shape index (κ3) is 8.54. The maximum absolute atomic E-state index is 14.5. The molecule has 5 amide bonds. The molecule has 2 aliphatic carbocycles. The second kappa shape index (κ2) is 15.3. The van der Waals surface area contributed by atoms with Crippen molar-refractivity contribution in [1.82, 2.24) is 30.4 Å². The smallest absolute Gasteiger partial charge is 0.426 e. The van der Waals surface area contributed by atoms with Crippen LogP contribution in [0.1, 0.15) is 65.7 Å². The molecular formula is C40H48N6O9S. The Hall–Kier alpha value is -5.38. The predicted molar refractivity (Wildman–Crippen MR) is 207 cm³/mol. The molecule has 2 aromatic carbocycles. The van der Waals surface area contributed by atoms with Gasteiger partial charge >= 0.3 is 12.1 Å². The van der Waals surface area contributed by atoms with Crippen LogP contribution in [0.15, 0.2) is 66.7 Å². The summed E-state index contributed by atoms with van der Waals surface area (Å²) in [5.41, 5.74) is 2.33. The Balaban J connectivity index is 1.22. The number of nitrogens with one attached hydrogen (secondary N) is 3. The third-order valence-corrected chi connectivity index (χ3v) is 12.2. The maximum Gasteiger partial charge on any atom is 0.426 e. The van der Waals surface area contributed by atoms with Crippen molar-refractivity contribution in [3.63, 3.8) is 0 Å². The highest BCUT2D eigenvalue weighted by Gasteiger charge is 2.62. The zero-order valence-electron chi connectivity index (χ0n) is 31.9. The van der Waals surface area contributed by atoms with Gasteiger partial charge in [0.15, 0.2) is 0 Å². The zero-order chi connectivity index (χ0) is 39.8. The summed E-state index contributed by atoms with van der Waals surface area (Å²) in [6.45, 7) is 5.21. The van der Waals surface area contributed by atoms with Gasteiger partial charge in [-0.25, -0.2) is 33.4 Å². The molecule has 15 nitrogen and oxygen atoms in total. The monoisotopic (exact) mass is 788 g/mol. The van der Waals surface area contributed by atoms with E-state index in [1.54, 1.807) is 40.0 Å². The summed E-state index contributed by atoms with van der Waals surface area (Å²) in [6, 6.07) is 15.0. The van der Waals surface area contributed by atoms with Crippen molar-refractivity contribution in [3.05, 3.63) is 66.7 Å². The molecule has 3 fully saturated rings. The highest BCUT2D eigenvalue weighted by atomic mass is 32.2. The number of carbonyl (C=O) groups excluding carboxylic acids is 4. The van der Waals surface area contributed by atoms with Gasteiger partial charge in [0, 0.05) is 42.0 Å². The number of urea groups is 1. The van der Waals surface area contributed by atoms with Crippen LogP contribution in [-0.4, -0.2) is 96.0 Å². The normalized spacial score (nSPS) is 24.9. The van der Waals surface area contributed by atoms with Crippen LogP contribution in [0.3, 0.4) is 0 Å². The fraction of sp³-hybridized carbons (Fsp3) is 0.475. The van der Waals surface area contributed by atoms with Gasteiger partial charge in [-0.15, -0.1) is 0 Å². The number of sulfonamides is 1. The summed E-state index contributed by atoms with van der Waals surface area (Å²) < 4.78 is 45.5. The molecule has 56 heavy (non-hydrogen) atoms. The molecule has 3 aromatic rings. The number of ether oxygens (including phenoxy) is 3. The van der Waals surface area contributed by atoms with Crippen molar-refractivity contribution in [2.45, 2.75) is 94.3 Å². The van der Waals surface area contributed by atoms with E-state index in [0.29, 0.717) is 60.2 Å². The number of hydrazine groups is 1. The van der Waals surface area contributed by atoms with Crippen molar-refractivity contribution in [2.75, 3.05) is 20.2 Å². The van der Waals surface area contributed by atoms with Crippen LogP contribution in [0.4, 0.5) is 9.59 Å². The van der Waals surface area contributed by atoms with Crippen molar-refractivity contribution >= 4 is 44.9 Å². The first-order valence-electron chi connectivity index (χ1n) is 19.0. The molecule has 0 unspecified atom stereocenters. The number of pyridine rings is 1. The lowest BCUT2D eigenvalue weighted by molar-refractivity contribution is -0.131. The highest BCUT2D eigenvalue weighted by Crippen LogP contribution is 2.46. The summed E-state index contributed by atoms with van der Waals surface area (Å²) in [7, 11) is -2.33. The molecule has 0 radical (unpaired) electrons. The average molecular weight is 789 g/mol. The third-order valence-electron chi connectivity index (χ3n) is 10.3. The van der Waals surface area contributed by atoms with E-state index < -0.39 is 68.4 Å². The summed E-state index contributed by atoms with van der Waals surface area (Å²) in [6.07, 6.45) is 5.06. The summed E-state index contributed by atoms with van der Waals surface area (Å²) in [5.74, 6) is -0.818. The van der Waals surface area contributed by atoms with Gasteiger partial charge in [-0.1, -0.05) is 42.5 Å². The molecule has 3 N–H and O–H groups in total. The number of hydrogen-bond donors (Lipinski definition) is 3. The molecule has 16 heteroatoms. The van der Waals surface area contributed by atoms with E-state index in [9.17, 15) is 27.6 Å². The van der Waals surface area contributed by atoms with Crippen LogP contribution in [-0.2, 0) is 24.3 Å². The van der Waals surface area contributed by atoms with Crippen molar-refractivity contribution in [3.8, 4) is 22.8 Å². The molecule has 2 saturated carbocycles. The van der Waals surface area contributed by atoms with E-state index in [2.05, 4.69) is 15.5 Å². The molecule has 2 aliphatic heterocycles. The van der Waals surface area contributed by atoms with E-state index in [1.165, 1.54) is 4.90 Å².